The largest absolute Gasteiger partial charge is 0.465 e. The van der Waals surface area contributed by atoms with Crippen molar-refractivity contribution in [1.82, 2.24) is 4.98 Å². The van der Waals surface area contributed by atoms with Crippen LogP contribution in [0.15, 0.2) is 59.5 Å². The Balaban J connectivity index is 2.07. The van der Waals surface area contributed by atoms with Gasteiger partial charge in [0, 0.05) is 23.3 Å². The number of furan rings is 1. The minimum atomic E-state index is -1.03. The van der Waals surface area contributed by atoms with Gasteiger partial charge in [-0.3, -0.25) is 9.78 Å². The molecule has 0 aliphatic carbocycles. The van der Waals surface area contributed by atoms with Crippen molar-refractivity contribution in [2.24, 2.45) is 0 Å². The van der Waals surface area contributed by atoms with E-state index >= 15 is 0 Å². The highest BCUT2D eigenvalue weighted by Gasteiger charge is 2.33. The van der Waals surface area contributed by atoms with Crippen LogP contribution in [0.4, 0.5) is 0 Å². The number of carbonyl (C=O) groups is 1. The SMILES string of the molecule is CCOC(=O)[C@@H](c1coc2ccncc12)[C@@H](O)c1ccccc1. The smallest absolute Gasteiger partial charge is 0.316 e. The molecule has 0 saturated carbocycles. The highest BCUT2D eigenvalue weighted by atomic mass is 16.5. The quantitative estimate of drug-likeness (QED) is 0.732. The van der Waals surface area contributed by atoms with E-state index in [-0.39, 0.29) is 6.61 Å². The molecule has 3 aromatic rings. The van der Waals surface area contributed by atoms with Gasteiger partial charge in [-0.2, -0.15) is 0 Å². The Morgan fingerprint density at radius 1 is 1.30 bits per heavy atom. The summed E-state index contributed by atoms with van der Waals surface area (Å²) in [5.41, 5.74) is 1.83. The summed E-state index contributed by atoms with van der Waals surface area (Å²) in [6.45, 7) is 1.98. The number of rotatable bonds is 5. The average molecular weight is 311 g/mol. The van der Waals surface area contributed by atoms with E-state index < -0.39 is 18.0 Å². The molecule has 2 atom stereocenters. The van der Waals surface area contributed by atoms with Crippen molar-refractivity contribution in [3.63, 3.8) is 0 Å². The summed E-state index contributed by atoms with van der Waals surface area (Å²) in [5.74, 6) is -1.36. The number of aliphatic hydroxyl groups is 1. The number of carbonyl (C=O) groups excluding carboxylic acids is 1. The Bertz CT molecular complexity index is 797. The molecule has 0 saturated heterocycles. The Labute approximate surface area is 133 Å². The van der Waals surface area contributed by atoms with Crippen molar-refractivity contribution in [1.29, 1.82) is 0 Å². The van der Waals surface area contributed by atoms with Gasteiger partial charge in [0.25, 0.3) is 0 Å². The molecular weight excluding hydrogens is 294 g/mol. The van der Waals surface area contributed by atoms with Crippen molar-refractivity contribution in [3.8, 4) is 0 Å². The third kappa shape index (κ3) is 2.96. The zero-order valence-corrected chi connectivity index (χ0v) is 12.7. The summed E-state index contributed by atoms with van der Waals surface area (Å²) in [7, 11) is 0. The topological polar surface area (TPSA) is 72.6 Å². The minimum Gasteiger partial charge on any atom is -0.465 e. The van der Waals surface area contributed by atoms with Crippen molar-refractivity contribution >= 4 is 16.9 Å². The fourth-order valence-corrected chi connectivity index (χ4v) is 2.63. The van der Waals surface area contributed by atoms with Gasteiger partial charge >= 0.3 is 5.97 Å². The summed E-state index contributed by atoms with van der Waals surface area (Å²) >= 11 is 0. The van der Waals surface area contributed by atoms with E-state index in [0.717, 1.165) is 0 Å². The van der Waals surface area contributed by atoms with Gasteiger partial charge in [-0.25, -0.2) is 0 Å². The lowest BCUT2D eigenvalue weighted by molar-refractivity contribution is -0.148. The average Bonchev–Trinajstić information content (AvgIpc) is 3.00. The number of esters is 1. The normalized spacial score (nSPS) is 13.7. The number of aromatic nitrogens is 1. The third-order valence-corrected chi connectivity index (χ3v) is 3.74. The first-order chi connectivity index (χ1) is 11.2. The molecular formula is C18H17NO4. The van der Waals surface area contributed by atoms with E-state index in [1.165, 1.54) is 6.26 Å². The highest BCUT2D eigenvalue weighted by molar-refractivity contribution is 5.88. The molecule has 5 nitrogen and oxygen atoms in total. The fourth-order valence-electron chi connectivity index (χ4n) is 2.63. The Morgan fingerprint density at radius 3 is 2.83 bits per heavy atom. The fraction of sp³-hybridized carbons (Fsp3) is 0.222. The summed E-state index contributed by atoms with van der Waals surface area (Å²) in [4.78, 5) is 16.5. The number of pyridine rings is 1. The Kier molecular flexibility index (Phi) is 4.39. The molecule has 0 aliphatic rings. The van der Waals surface area contributed by atoms with E-state index in [1.54, 1.807) is 37.5 Å². The number of aliphatic hydroxyl groups excluding tert-OH is 1. The molecule has 1 N–H and O–H groups in total. The summed E-state index contributed by atoms with van der Waals surface area (Å²) in [6.07, 6.45) is 3.69. The van der Waals surface area contributed by atoms with Gasteiger partial charge in [0.1, 0.15) is 11.5 Å². The highest BCUT2D eigenvalue weighted by Crippen LogP contribution is 2.36. The molecule has 2 heterocycles. The van der Waals surface area contributed by atoms with Crippen molar-refractivity contribution < 1.29 is 19.1 Å². The van der Waals surface area contributed by atoms with E-state index in [9.17, 15) is 9.90 Å². The molecule has 118 valence electrons. The van der Waals surface area contributed by atoms with Gasteiger partial charge in [-0.15, -0.1) is 0 Å². The van der Waals surface area contributed by atoms with Gasteiger partial charge in [-0.1, -0.05) is 30.3 Å². The molecule has 0 aliphatic heterocycles. The maximum absolute atomic E-state index is 12.5. The standard InChI is InChI=1S/C18H17NO4/c1-2-22-18(21)16(17(20)12-6-4-3-5-7-12)14-11-23-15-8-9-19-10-13(14)15/h3-11,16-17,20H,2H2,1H3/t16-,17-/m0/s1. The van der Waals surface area contributed by atoms with E-state index in [1.807, 2.05) is 18.2 Å². The lowest BCUT2D eigenvalue weighted by Crippen LogP contribution is -2.22. The van der Waals surface area contributed by atoms with Crippen molar-refractivity contribution in [2.75, 3.05) is 6.61 Å². The molecule has 0 radical (unpaired) electrons. The van der Waals surface area contributed by atoms with Crippen molar-refractivity contribution in [2.45, 2.75) is 18.9 Å². The molecule has 0 unspecified atom stereocenters. The lowest BCUT2D eigenvalue weighted by atomic mass is 9.89. The van der Waals surface area contributed by atoms with Crippen molar-refractivity contribution in [3.05, 3.63) is 66.2 Å². The first kappa shape index (κ1) is 15.2. The molecule has 3 rings (SSSR count). The molecule has 0 amide bonds. The van der Waals surface area contributed by atoms with Crippen LogP contribution in [0.25, 0.3) is 11.0 Å². The van der Waals surface area contributed by atoms with Crippen LogP contribution in [0.5, 0.6) is 0 Å². The number of hydrogen-bond acceptors (Lipinski definition) is 5. The van der Waals surface area contributed by atoms with Crippen LogP contribution in [0.2, 0.25) is 0 Å². The molecule has 0 fully saturated rings. The number of nitrogens with zero attached hydrogens (tertiary/aromatic N) is 1. The summed E-state index contributed by atoms with van der Waals surface area (Å²) < 4.78 is 10.6. The van der Waals surface area contributed by atoms with Gasteiger partial charge in [-0.05, 0) is 18.6 Å². The second kappa shape index (κ2) is 6.62. The molecule has 23 heavy (non-hydrogen) atoms. The third-order valence-electron chi connectivity index (χ3n) is 3.74. The second-order valence-electron chi connectivity index (χ2n) is 5.15. The van der Waals surface area contributed by atoms with Crippen LogP contribution < -0.4 is 0 Å². The number of fused-ring (bicyclic) bond motifs is 1. The van der Waals surface area contributed by atoms with Crippen LogP contribution in [0.3, 0.4) is 0 Å². The van der Waals surface area contributed by atoms with E-state index in [0.29, 0.717) is 22.1 Å². The Morgan fingerprint density at radius 2 is 2.09 bits per heavy atom. The zero-order chi connectivity index (χ0) is 16.2. The van der Waals surface area contributed by atoms with Crippen LogP contribution >= 0.6 is 0 Å². The predicted molar refractivity (Wildman–Crippen MR) is 84.8 cm³/mol. The van der Waals surface area contributed by atoms with Gasteiger partial charge in [0.15, 0.2) is 0 Å². The summed E-state index contributed by atoms with van der Waals surface area (Å²) in [6, 6.07) is 10.8. The monoisotopic (exact) mass is 311 g/mol. The van der Waals surface area contributed by atoms with E-state index in [4.69, 9.17) is 9.15 Å². The first-order valence-corrected chi connectivity index (χ1v) is 7.43. The van der Waals surface area contributed by atoms with Crippen LogP contribution in [0.1, 0.15) is 30.1 Å². The summed E-state index contributed by atoms with van der Waals surface area (Å²) in [5, 5.41) is 11.4. The van der Waals surface area contributed by atoms with Gasteiger partial charge < -0.3 is 14.3 Å². The van der Waals surface area contributed by atoms with Crippen LogP contribution in [-0.2, 0) is 9.53 Å². The molecule has 0 spiro atoms. The van der Waals surface area contributed by atoms with Gasteiger partial charge in [0.2, 0.25) is 0 Å². The molecule has 0 bridgehead atoms. The lowest BCUT2D eigenvalue weighted by Gasteiger charge is -2.21. The minimum absolute atomic E-state index is 0.241. The number of hydrogen-bond donors (Lipinski definition) is 1. The second-order valence-corrected chi connectivity index (χ2v) is 5.15. The van der Waals surface area contributed by atoms with Gasteiger partial charge in [0.05, 0.1) is 19.0 Å². The maximum atomic E-state index is 12.5. The zero-order valence-electron chi connectivity index (χ0n) is 12.7. The van der Waals surface area contributed by atoms with E-state index in [2.05, 4.69) is 4.98 Å². The maximum Gasteiger partial charge on any atom is 0.316 e. The molecule has 2 aromatic heterocycles. The van der Waals surface area contributed by atoms with Crippen LogP contribution in [-0.4, -0.2) is 22.7 Å². The molecule has 1 aromatic carbocycles. The predicted octanol–water partition coefficient (Wildman–Crippen LogP) is 3.21. The molecule has 5 heteroatoms. The first-order valence-electron chi connectivity index (χ1n) is 7.43. The number of benzene rings is 1. The Hall–Kier alpha value is -2.66. The van der Waals surface area contributed by atoms with Crippen LogP contribution in [0, 0.1) is 0 Å². The number of ether oxygens (including phenoxy) is 1.